The van der Waals surface area contributed by atoms with Crippen molar-refractivity contribution in [1.82, 2.24) is 0 Å². The summed E-state index contributed by atoms with van der Waals surface area (Å²) >= 11 is 5.89. The minimum Gasteiger partial charge on any atom is -0.488 e. The Morgan fingerprint density at radius 1 is 0.963 bits per heavy atom. The van der Waals surface area contributed by atoms with Crippen molar-refractivity contribution in [3.05, 3.63) is 82.9 Å². The number of carbonyl (C=O) groups is 1. The quantitative estimate of drug-likeness (QED) is 0.465. The summed E-state index contributed by atoms with van der Waals surface area (Å²) in [6.07, 6.45) is 0. The zero-order valence-electron chi connectivity index (χ0n) is 14.2. The predicted molar refractivity (Wildman–Crippen MR) is 99.7 cm³/mol. The lowest BCUT2D eigenvalue weighted by molar-refractivity contribution is 0.0729. The van der Waals surface area contributed by atoms with Crippen molar-refractivity contribution in [3.63, 3.8) is 0 Å². The SMILES string of the molecule is O=C(Oc1ccc2c(c1)OCO2)c1ccccc1OCc1ccc(Cl)cc1. The predicted octanol–water partition coefficient (Wildman–Crippen LogP) is 4.87. The number of carbonyl (C=O) groups excluding carboxylic acids is 1. The summed E-state index contributed by atoms with van der Waals surface area (Å²) in [5.74, 6) is 1.48. The molecule has 3 aromatic carbocycles. The second-order valence-electron chi connectivity index (χ2n) is 5.82. The first-order valence-electron chi connectivity index (χ1n) is 8.27. The number of hydrogen-bond acceptors (Lipinski definition) is 5. The highest BCUT2D eigenvalue weighted by Crippen LogP contribution is 2.35. The fraction of sp³-hybridized carbons (Fsp3) is 0.0952. The molecule has 0 amide bonds. The highest BCUT2D eigenvalue weighted by atomic mass is 35.5. The van der Waals surface area contributed by atoms with Crippen molar-refractivity contribution >= 4 is 17.6 Å². The van der Waals surface area contributed by atoms with Crippen LogP contribution in [0.15, 0.2) is 66.7 Å². The Labute approximate surface area is 161 Å². The minimum absolute atomic E-state index is 0.161. The third-order valence-electron chi connectivity index (χ3n) is 3.97. The fourth-order valence-electron chi connectivity index (χ4n) is 2.61. The molecule has 0 saturated heterocycles. The summed E-state index contributed by atoms with van der Waals surface area (Å²) in [5.41, 5.74) is 1.28. The summed E-state index contributed by atoms with van der Waals surface area (Å²) < 4.78 is 21.8. The van der Waals surface area contributed by atoms with Gasteiger partial charge in [0.05, 0.1) is 0 Å². The van der Waals surface area contributed by atoms with Gasteiger partial charge < -0.3 is 18.9 Å². The summed E-state index contributed by atoms with van der Waals surface area (Å²) in [5, 5.41) is 0.659. The second kappa shape index (κ2) is 7.60. The fourth-order valence-corrected chi connectivity index (χ4v) is 2.73. The van der Waals surface area contributed by atoms with Crippen LogP contribution in [0.5, 0.6) is 23.0 Å². The number of esters is 1. The van der Waals surface area contributed by atoms with Crippen LogP contribution in [0.25, 0.3) is 0 Å². The number of fused-ring (bicyclic) bond motifs is 1. The molecule has 0 unspecified atom stereocenters. The van der Waals surface area contributed by atoms with E-state index in [2.05, 4.69) is 0 Å². The smallest absolute Gasteiger partial charge is 0.347 e. The van der Waals surface area contributed by atoms with Crippen LogP contribution in [0.2, 0.25) is 5.02 Å². The average Bonchev–Trinajstić information content (AvgIpc) is 3.15. The first-order chi connectivity index (χ1) is 13.2. The average molecular weight is 383 g/mol. The molecule has 27 heavy (non-hydrogen) atoms. The van der Waals surface area contributed by atoms with Gasteiger partial charge in [0.25, 0.3) is 0 Å². The van der Waals surface area contributed by atoms with Gasteiger partial charge in [0, 0.05) is 11.1 Å². The van der Waals surface area contributed by atoms with E-state index in [4.69, 9.17) is 30.5 Å². The lowest BCUT2D eigenvalue weighted by Crippen LogP contribution is -2.11. The van der Waals surface area contributed by atoms with Gasteiger partial charge in [-0.3, -0.25) is 0 Å². The Kier molecular flexibility index (Phi) is 4.85. The Morgan fingerprint density at radius 2 is 1.74 bits per heavy atom. The third-order valence-corrected chi connectivity index (χ3v) is 4.22. The maximum Gasteiger partial charge on any atom is 0.347 e. The van der Waals surface area contributed by atoms with E-state index >= 15 is 0 Å². The van der Waals surface area contributed by atoms with Crippen molar-refractivity contribution in [1.29, 1.82) is 0 Å². The van der Waals surface area contributed by atoms with Crippen molar-refractivity contribution in [3.8, 4) is 23.0 Å². The largest absolute Gasteiger partial charge is 0.488 e. The zero-order chi connectivity index (χ0) is 18.6. The van der Waals surface area contributed by atoms with Gasteiger partial charge in [0.2, 0.25) is 6.79 Å². The number of rotatable bonds is 5. The van der Waals surface area contributed by atoms with Gasteiger partial charge >= 0.3 is 5.97 Å². The van der Waals surface area contributed by atoms with Gasteiger partial charge in [-0.05, 0) is 42.0 Å². The minimum atomic E-state index is -0.513. The van der Waals surface area contributed by atoms with E-state index in [9.17, 15) is 4.79 Å². The molecule has 0 saturated carbocycles. The van der Waals surface area contributed by atoms with Crippen molar-refractivity contribution < 1.29 is 23.7 Å². The molecule has 6 heteroatoms. The highest BCUT2D eigenvalue weighted by Gasteiger charge is 2.18. The van der Waals surface area contributed by atoms with Crippen LogP contribution in [0.4, 0.5) is 0 Å². The maximum absolute atomic E-state index is 12.6. The number of ether oxygens (including phenoxy) is 4. The summed E-state index contributed by atoms with van der Waals surface area (Å²) in [6, 6.07) is 19.2. The molecule has 0 radical (unpaired) electrons. The molecule has 0 fully saturated rings. The Hall–Kier alpha value is -3.18. The molecule has 1 aliphatic heterocycles. The molecule has 5 nitrogen and oxygen atoms in total. The third kappa shape index (κ3) is 3.99. The van der Waals surface area contributed by atoms with Gasteiger partial charge in [-0.2, -0.15) is 0 Å². The van der Waals surface area contributed by atoms with Gasteiger partial charge in [-0.25, -0.2) is 4.79 Å². The van der Waals surface area contributed by atoms with Gasteiger partial charge in [-0.15, -0.1) is 0 Å². The zero-order valence-corrected chi connectivity index (χ0v) is 14.9. The van der Waals surface area contributed by atoms with Crippen molar-refractivity contribution in [2.75, 3.05) is 6.79 Å². The van der Waals surface area contributed by atoms with Crippen molar-refractivity contribution in [2.24, 2.45) is 0 Å². The van der Waals surface area contributed by atoms with Crippen LogP contribution in [-0.4, -0.2) is 12.8 Å². The maximum atomic E-state index is 12.6. The van der Waals surface area contributed by atoms with E-state index in [0.29, 0.717) is 40.2 Å². The molecule has 0 aromatic heterocycles. The normalized spacial score (nSPS) is 11.9. The van der Waals surface area contributed by atoms with Gasteiger partial charge in [0.15, 0.2) is 11.5 Å². The first kappa shape index (κ1) is 17.2. The van der Waals surface area contributed by atoms with Crippen LogP contribution in [0, 0.1) is 0 Å². The molecule has 0 N–H and O–H groups in total. The molecule has 0 bridgehead atoms. The lowest BCUT2D eigenvalue weighted by atomic mass is 10.2. The standard InChI is InChI=1S/C21H15ClO5/c22-15-7-5-14(6-8-15)12-24-18-4-2-1-3-17(18)21(23)27-16-9-10-19-20(11-16)26-13-25-19/h1-11H,12-13H2. The number of hydrogen-bond donors (Lipinski definition) is 0. The van der Waals surface area contributed by atoms with Crippen LogP contribution < -0.4 is 18.9 Å². The topological polar surface area (TPSA) is 54.0 Å². The summed E-state index contributed by atoms with van der Waals surface area (Å²) in [7, 11) is 0. The molecule has 0 aliphatic carbocycles. The Morgan fingerprint density at radius 3 is 2.59 bits per heavy atom. The first-order valence-corrected chi connectivity index (χ1v) is 8.65. The molecule has 1 heterocycles. The van der Waals surface area contributed by atoms with Crippen LogP contribution >= 0.6 is 11.6 Å². The van der Waals surface area contributed by atoms with Crippen molar-refractivity contribution in [2.45, 2.75) is 6.61 Å². The second-order valence-corrected chi connectivity index (χ2v) is 6.25. The van der Waals surface area contributed by atoms with Crippen LogP contribution in [0.3, 0.4) is 0 Å². The van der Waals surface area contributed by atoms with Crippen LogP contribution in [-0.2, 0) is 6.61 Å². The monoisotopic (exact) mass is 382 g/mol. The van der Waals surface area contributed by atoms with Gasteiger partial charge in [-0.1, -0.05) is 35.9 Å². The molecule has 136 valence electrons. The molecular formula is C21H15ClO5. The molecule has 3 aromatic rings. The Balaban J connectivity index is 1.48. The van der Waals surface area contributed by atoms with E-state index in [-0.39, 0.29) is 6.79 Å². The number of halogens is 1. The molecule has 0 spiro atoms. The Bertz CT molecular complexity index is 969. The summed E-state index contributed by atoms with van der Waals surface area (Å²) in [4.78, 5) is 12.6. The van der Waals surface area contributed by atoms with E-state index in [1.165, 1.54) is 0 Å². The van der Waals surface area contributed by atoms with Crippen LogP contribution in [0.1, 0.15) is 15.9 Å². The number of para-hydroxylation sites is 1. The lowest BCUT2D eigenvalue weighted by Gasteiger charge is -2.11. The van der Waals surface area contributed by atoms with E-state index in [1.54, 1.807) is 54.6 Å². The van der Waals surface area contributed by atoms with E-state index < -0.39 is 5.97 Å². The molecule has 4 rings (SSSR count). The molecule has 1 aliphatic rings. The molecule has 0 atom stereocenters. The van der Waals surface area contributed by atoms with E-state index in [1.807, 2.05) is 12.1 Å². The van der Waals surface area contributed by atoms with Gasteiger partial charge in [0.1, 0.15) is 23.7 Å². The van der Waals surface area contributed by atoms with E-state index in [0.717, 1.165) is 5.56 Å². The number of benzene rings is 3. The highest BCUT2D eigenvalue weighted by molar-refractivity contribution is 6.30. The summed E-state index contributed by atoms with van der Waals surface area (Å²) in [6.45, 7) is 0.472. The molecular weight excluding hydrogens is 368 g/mol.